The van der Waals surface area contributed by atoms with Gasteiger partial charge in [0.1, 0.15) is 11.6 Å². The highest BCUT2D eigenvalue weighted by Gasteiger charge is 2.23. The van der Waals surface area contributed by atoms with Gasteiger partial charge >= 0.3 is 0 Å². The van der Waals surface area contributed by atoms with E-state index in [1.807, 2.05) is 28.9 Å². The predicted molar refractivity (Wildman–Crippen MR) is 111 cm³/mol. The van der Waals surface area contributed by atoms with Crippen molar-refractivity contribution in [2.75, 3.05) is 10.6 Å². The summed E-state index contributed by atoms with van der Waals surface area (Å²) in [6.45, 7) is 2.77. The average molecular weight is 441 g/mol. The number of nitrogens with one attached hydrogen (secondary N) is 2. The molecule has 3 aromatic rings. The van der Waals surface area contributed by atoms with E-state index in [0.717, 1.165) is 41.1 Å². The first-order chi connectivity index (χ1) is 13.6. The van der Waals surface area contributed by atoms with Gasteiger partial charge in [0, 0.05) is 35.2 Å². The first kappa shape index (κ1) is 18.6. The van der Waals surface area contributed by atoms with Gasteiger partial charge in [-0.25, -0.2) is 14.6 Å². The van der Waals surface area contributed by atoms with E-state index >= 15 is 0 Å². The standard InChI is InChI=1S/C20H21BrN6O/c1-2-17-25-18-10-9-15(12-27(18)26-17)23-19-16(4-3-11-22-19)20(28)24-14-7-5-13(21)6-8-14/h3-8,11,15H,2,9-10,12H2,1H3,(H,22,23)(H,24,28). The molecule has 8 heteroatoms. The smallest absolute Gasteiger partial charge is 0.259 e. The van der Waals surface area contributed by atoms with Crippen molar-refractivity contribution >= 4 is 33.3 Å². The van der Waals surface area contributed by atoms with Gasteiger partial charge in [-0.05, 0) is 42.8 Å². The van der Waals surface area contributed by atoms with Gasteiger partial charge in [-0.3, -0.25) is 4.79 Å². The van der Waals surface area contributed by atoms with Gasteiger partial charge in [0.15, 0.2) is 5.82 Å². The minimum absolute atomic E-state index is 0.146. The number of aromatic nitrogens is 4. The lowest BCUT2D eigenvalue weighted by molar-refractivity contribution is 0.102. The second-order valence-electron chi connectivity index (χ2n) is 6.72. The quantitative estimate of drug-likeness (QED) is 0.631. The Labute approximate surface area is 171 Å². The molecule has 0 fully saturated rings. The molecule has 4 rings (SSSR count). The molecule has 28 heavy (non-hydrogen) atoms. The molecular weight excluding hydrogens is 420 g/mol. The molecule has 7 nitrogen and oxygen atoms in total. The molecule has 0 radical (unpaired) electrons. The number of hydrogen-bond acceptors (Lipinski definition) is 5. The van der Waals surface area contributed by atoms with Crippen molar-refractivity contribution in [3.05, 3.63) is 64.3 Å². The number of hydrogen-bond donors (Lipinski definition) is 2. The summed E-state index contributed by atoms with van der Waals surface area (Å²) in [5.41, 5.74) is 1.25. The van der Waals surface area contributed by atoms with Crippen LogP contribution in [0.15, 0.2) is 47.1 Å². The van der Waals surface area contributed by atoms with Crippen LogP contribution in [0.4, 0.5) is 11.5 Å². The molecule has 0 saturated carbocycles. The van der Waals surface area contributed by atoms with Crippen molar-refractivity contribution in [2.24, 2.45) is 0 Å². The van der Waals surface area contributed by atoms with E-state index in [-0.39, 0.29) is 11.9 Å². The van der Waals surface area contributed by atoms with Crippen LogP contribution in [0.25, 0.3) is 0 Å². The van der Waals surface area contributed by atoms with E-state index < -0.39 is 0 Å². The molecule has 1 atom stereocenters. The van der Waals surface area contributed by atoms with Crippen LogP contribution in [-0.2, 0) is 19.4 Å². The summed E-state index contributed by atoms with van der Waals surface area (Å²) in [4.78, 5) is 21.7. The minimum Gasteiger partial charge on any atom is -0.365 e. The maximum absolute atomic E-state index is 12.8. The Morgan fingerprint density at radius 3 is 2.89 bits per heavy atom. The molecular formula is C20H21BrN6O. The SMILES string of the molecule is CCc1nc2n(n1)CC(Nc1ncccc1C(=O)Nc1ccc(Br)cc1)CC2. The van der Waals surface area contributed by atoms with E-state index in [0.29, 0.717) is 17.9 Å². The lowest BCUT2D eigenvalue weighted by Gasteiger charge is -2.24. The first-order valence-corrected chi connectivity index (χ1v) is 10.1. The number of fused-ring (bicyclic) bond motifs is 1. The summed E-state index contributed by atoms with van der Waals surface area (Å²) >= 11 is 3.40. The molecule has 2 aromatic heterocycles. The lowest BCUT2D eigenvalue weighted by Crippen LogP contribution is -2.33. The maximum Gasteiger partial charge on any atom is 0.259 e. The number of halogens is 1. The summed E-state index contributed by atoms with van der Waals surface area (Å²) in [5, 5.41) is 10.9. The van der Waals surface area contributed by atoms with Crippen molar-refractivity contribution in [1.82, 2.24) is 19.7 Å². The zero-order valence-corrected chi connectivity index (χ0v) is 17.1. The molecule has 0 spiro atoms. The summed E-state index contributed by atoms with van der Waals surface area (Å²) in [6, 6.07) is 11.2. The summed E-state index contributed by atoms with van der Waals surface area (Å²) < 4.78 is 2.93. The Morgan fingerprint density at radius 2 is 2.11 bits per heavy atom. The maximum atomic E-state index is 12.8. The van der Waals surface area contributed by atoms with Crippen LogP contribution in [0, 0.1) is 0 Å². The number of amides is 1. The third-order valence-corrected chi connectivity index (χ3v) is 5.24. The number of aryl methyl sites for hydroxylation is 2. The zero-order chi connectivity index (χ0) is 19.5. The molecule has 3 heterocycles. The fraction of sp³-hybridized carbons (Fsp3) is 0.300. The van der Waals surface area contributed by atoms with Crippen LogP contribution >= 0.6 is 15.9 Å². The van der Waals surface area contributed by atoms with E-state index in [9.17, 15) is 4.79 Å². The highest BCUT2D eigenvalue weighted by atomic mass is 79.9. The second kappa shape index (κ2) is 8.10. The average Bonchev–Trinajstić information content (AvgIpc) is 3.12. The molecule has 0 bridgehead atoms. The summed E-state index contributed by atoms with van der Waals surface area (Å²) in [5.74, 6) is 2.30. The molecule has 144 valence electrons. The Kier molecular flexibility index (Phi) is 5.38. The van der Waals surface area contributed by atoms with Gasteiger partial charge < -0.3 is 10.6 Å². The van der Waals surface area contributed by atoms with Crippen molar-refractivity contribution < 1.29 is 4.79 Å². The van der Waals surface area contributed by atoms with Gasteiger partial charge in [-0.1, -0.05) is 22.9 Å². The van der Waals surface area contributed by atoms with Gasteiger partial charge in [-0.2, -0.15) is 5.10 Å². The van der Waals surface area contributed by atoms with Crippen molar-refractivity contribution in [1.29, 1.82) is 0 Å². The van der Waals surface area contributed by atoms with Crippen LogP contribution in [0.1, 0.15) is 35.4 Å². The van der Waals surface area contributed by atoms with Gasteiger partial charge in [0.25, 0.3) is 5.91 Å². The number of pyridine rings is 1. The second-order valence-corrected chi connectivity index (χ2v) is 7.64. The molecule has 1 amide bonds. The number of anilines is 2. The van der Waals surface area contributed by atoms with Gasteiger partial charge in [0.05, 0.1) is 12.1 Å². The summed E-state index contributed by atoms with van der Waals surface area (Å²) in [7, 11) is 0. The molecule has 1 aliphatic heterocycles. The third kappa shape index (κ3) is 4.06. The molecule has 0 saturated heterocycles. The summed E-state index contributed by atoms with van der Waals surface area (Å²) in [6.07, 6.45) is 4.31. The molecule has 2 N–H and O–H groups in total. The van der Waals surface area contributed by atoms with E-state index in [4.69, 9.17) is 0 Å². The van der Waals surface area contributed by atoms with Crippen LogP contribution in [-0.4, -0.2) is 31.7 Å². The Balaban J connectivity index is 1.48. The topological polar surface area (TPSA) is 84.7 Å². The molecule has 1 aliphatic rings. The number of nitrogens with zero attached hydrogens (tertiary/aromatic N) is 4. The van der Waals surface area contributed by atoms with Gasteiger partial charge in [0.2, 0.25) is 0 Å². The van der Waals surface area contributed by atoms with Crippen LogP contribution in [0.3, 0.4) is 0 Å². The fourth-order valence-corrected chi connectivity index (χ4v) is 3.52. The van der Waals surface area contributed by atoms with E-state index in [1.165, 1.54) is 0 Å². The van der Waals surface area contributed by atoms with Gasteiger partial charge in [-0.15, -0.1) is 0 Å². The van der Waals surface area contributed by atoms with Crippen molar-refractivity contribution in [2.45, 2.75) is 38.8 Å². The molecule has 1 aromatic carbocycles. The third-order valence-electron chi connectivity index (χ3n) is 4.71. The van der Waals surface area contributed by atoms with Crippen molar-refractivity contribution in [3.63, 3.8) is 0 Å². The number of carbonyl (C=O) groups is 1. The number of carbonyl (C=O) groups excluding carboxylic acids is 1. The van der Waals surface area contributed by atoms with Crippen LogP contribution in [0.5, 0.6) is 0 Å². The fourth-order valence-electron chi connectivity index (χ4n) is 3.26. The first-order valence-electron chi connectivity index (χ1n) is 9.33. The highest BCUT2D eigenvalue weighted by Crippen LogP contribution is 2.21. The lowest BCUT2D eigenvalue weighted by atomic mass is 10.1. The Hall–Kier alpha value is -2.74. The molecule has 0 aliphatic carbocycles. The van der Waals surface area contributed by atoms with Crippen molar-refractivity contribution in [3.8, 4) is 0 Å². The predicted octanol–water partition coefficient (Wildman–Crippen LogP) is 3.68. The molecule has 1 unspecified atom stereocenters. The van der Waals surface area contributed by atoms with Crippen LogP contribution < -0.4 is 10.6 Å². The number of benzene rings is 1. The number of rotatable bonds is 5. The normalized spacial score (nSPS) is 15.7. The Morgan fingerprint density at radius 1 is 1.29 bits per heavy atom. The largest absolute Gasteiger partial charge is 0.365 e. The van der Waals surface area contributed by atoms with Crippen LogP contribution in [0.2, 0.25) is 0 Å². The zero-order valence-electron chi connectivity index (χ0n) is 15.5. The monoisotopic (exact) mass is 440 g/mol. The Bertz CT molecular complexity index is 985. The minimum atomic E-state index is -0.191. The highest BCUT2D eigenvalue weighted by molar-refractivity contribution is 9.10. The van der Waals surface area contributed by atoms with E-state index in [2.05, 4.69) is 48.6 Å². The van der Waals surface area contributed by atoms with E-state index in [1.54, 1.807) is 18.3 Å².